The van der Waals surface area contributed by atoms with Crippen LogP contribution in [0.2, 0.25) is 0 Å². The van der Waals surface area contributed by atoms with Gasteiger partial charge in [-0.15, -0.1) is 0 Å². The summed E-state index contributed by atoms with van der Waals surface area (Å²) in [6, 6.07) is 10.4. The number of carbonyl (C=O) groups is 1. The van der Waals surface area contributed by atoms with Gasteiger partial charge < -0.3 is 14.2 Å². The molecule has 2 aliphatic heterocycles. The highest BCUT2D eigenvalue weighted by Crippen LogP contribution is 2.35. The number of amidine groups is 1. The minimum absolute atomic E-state index is 0.0236. The van der Waals surface area contributed by atoms with Crippen molar-refractivity contribution in [2.75, 3.05) is 13.2 Å². The Kier molecular flexibility index (Phi) is 5.86. The van der Waals surface area contributed by atoms with E-state index in [2.05, 4.69) is 9.71 Å². The van der Waals surface area contributed by atoms with Crippen molar-refractivity contribution in [2.24, 2.45) is 4.99 Å². The van der Waals surface area contributed by atoms with Crippen LogP contribution in [0.25, 0.3) is 0 Å². The predicted molar refractivity (Wildman–Crippen MR) is 114 cm³/mol. The van der Waals surface area contributed by atoms with E-state index < -0.39 is 16.0 Å². The molecule has 0 spiro atoms. The molecular weight excluding hydrogens is 420 g/mol. The van der Waals surface area contributed by atoms with Crippen molar-refractivity contribution in [1.82, 2.24) is 4.72 Å². The van der Waals surface area contributed by atoms with Crippen molar-refractivity contribution in [2.45, 2.75) is 44.3 Å². The summed E-state index contributed by atoms with van der Waals surface area (Å²) < 4.78 is 43.5. The molecule has 4 rings (SSSR count). The van der Waals surface area contributed by atoms with E-state index in [0.29, 0.717) is 17.9 Å². The zero-order valence-electron chi connectivity index (χ0n) is 17.4. The SMILES string of the molecule is CCOc1cc2c(cc1COC(=O)CCN=C1NS(=O)(=O)c3ccccc31)OC(C)C2. The molecule has 31 heavy (non-hydrogen) atoms. The zero-order chi connectivity index (χ0) is 22.0. The molecule has 8 nitrogen and oxygen atoms in total. The summed E-state index contributed by atoms with van der Waals surface area (Å²) in [5, 5.41) is 0. The molecule has 2 aromatic carbocycles. The summed E-state index contributed by atoms with van der Waals surface area (Å²) in [5.41, 5.74) is 2.33. The molecule has 2 aromatic rings. The third-order valence-corrected chi connectivity index (χ3v) is 6.41. The second kappa shape index (κ2) is 8.58. The molecule has 1 unspecified atom stereocenters. The minimum Gasteiger partial charge on any atom is -0.493 e. The normalized spacial score (nSPS) is 19.3. The largest absolute Gasteiger partial charge is 0.493 e. The van der Waals surface area contributed by atoms with Gasteiger partial charge in [-0.1, -0.05) is 12.1 Å². The first-order chi connectivity index (χ1) is 14.9. The number of hydrogen-bond acceptors (Lipinski definition) is 7. The third-order valence-electron chi connectivity index (χ3n) is 5.02. The van der Waals surface area contributed by atoms with E-state index in [1.165, 1.54) is 6.07 Å². The van der Waals surface area contributed by atoms with Gasteiger partial charge in [-0.25, -0.2) is 8.42 Å². The zero-order valence-corrected chi connectivity index (χ0v) is 18.2. The van der Waals surface area contributed by atoms with Crippen molar-refractivity contribution in [3.05, 3.63) is 53.1 Å². The molecule has 2 heterocycles. The molecule has 0 aromatic heterocycles. The fourth-order valence-electron chi connectivity index (χ4n) is 3.62. The number of esters is 1. The van der Waals surface area contributed by atoms with E-state index in [0.717, 1.165) is 23.3 Å². The number of nitrogens with one attached hydrogen (secondary N) is 1. The van der Waals surface area contributed by atoms with Gasteiger partial charge in [0, 0.05) is 23.1 Å². The van der Waals surface area contributed by atoms with Crippen LogP contribution in [0, 0.1) is 0 Å². The van der Waals surface area contributed by atoms with Crippen LogP contribution >= 0.6 is 0 Å². The number of nitrogens with zero attached hydrogens (tertiary/aromatic N) is 1. The van der Waals surface area contributed by atoms with Gasteiger partial charge in [0.2, 0.25) is 0 Å². The quantitative estimate of drug-likeness (QED) is 0.659. The smallest absolute Gasteiger partial charge is 0.308 e. The fourth-order valence-corrected chi connectivity index (χ4v) is 4.88. The molecule has 0 amide bonds. The third kappa shape index (κ3) is 4.51. The van der Waals surface area contributed by atoms with E-state index in [4.69, 9.17) is 14.2 Å². The van der Waals surface area contributed by atoms with Crippen LogP contribution in [0.5, 0.6) is 11.5 Å². The molecule has 9 heteroatoms. The van der Waals surface area contributed by atoms with Crippen LogP contribution in [-0.4, -0.2) is 39.5 Å². The summed E-state index contributed by atoms with van der Waals surface area (Å²) in [6.45, 7) is 4.57. The van der Waals surface area contributed by atoms with Crippen LogP contribution in [0.3, 0.4) is 0 Å². The van der Waals surface area contributed by atoms with Gasteiger partial charge in [-0.05, 0) is 38.1 Å². The molecule has 164 valence electrons. The first kappa shape index (κ1) is 21.2. The standard InChI is InChI=1S/C22H24N2O6S/c1-3-28-18-11-15-10-14(2)30-19(15)12-16(18)13-29-21(25)8-9-23-22-17-6-4-5-7-20(17)31(26,27)24-22/h4-7,11-12,14H,3,8-10,13H2,1-2H3,(H,23,24). The number of hydrogen-bond donors (Lipinski definition) is 1. The van der Waals surface area contributed by atoms with Gasteiger partial charge >= 0.3 is 5.97 Å². The lowest BCUT2D eigenvalue weighted by Gasteiger charge is -2.13. The topological polar surface area (TPSA) is 103 Å². The van der Waals surface area contributed by atoms with Gasteiger partial charge in [0.1, 0.15) is 30.0 Å². The first-order valence-electron chi connectivity index (χ1n) is 10.1. The molecule has 0 radical (unpaired) electrons. The van der Waals surface area contributed by atoms with Crippen LogP contribution < -0.4 is 14.2 Å². The summed E-state index contributed by atoms with van der Waals surface area (Å²) >= 11 is 0. The number of sulfonamides is 1. The lowest BCUT2D eigenvalue weighted by atomic mass is 10.1. The van der Waals surface area contributed by atoms with Crippen molar-refractivity contribution < 1.29 is 27.4 Å². The summed E-state index contributed by atoms with van der Waals surface area (Å²) in [4.78, 5) is 16.6. The number of ether oxygens (including phenoxy) is 3. The minimum atomic E-state index is -3.59. The molecule has 0 aliphatic carbocycles. The molecule has 1 N–H and O–H groups in total. The maximum atomic E-state index is 12.2. The number of benzene rings is 2. The Hall–Kier alpha value is -3.07. The van der Waals surface area contributed by atoms with Crippen molar-refractivity contribution in [3.8, 4) is 11.5 Å². The number of aliphatic imine (C=N–C) groups is 1. The van der Waals surface area contributed by atoms with Crippen LogP contribution in [0.1, 0.15) is 37.0 Å². The van der Waals surface area contributed by atoms with Gasteiger partial charge in [0.15, 0.2) is 0 Å². The highest BCUT2D eigenvalue weighted by Gasteiger charge is 2.30. The Morgan fingerprint density at radius 1 is 1.29 bits per heavy atom. The number of rotatable bonds is 7. The van der Waals surface area contributed by atoms with E-state index >= 15 is 0 Å². The molecule has 1 atom stereocenters. The second-order valence-electron chi connectivity index (χ2n) is 7.38. The number of carbonyl (C=O) groups excluding carboxylic acids is 1. The Bertz CT molecular complexity index is 1140. The Balaban J connectivity index is 1.37. The lowest BCUT2D eigenvalue weighted by molar-refractivity contribution is -0.144. The first-order valence-corrected chi connectivity index (χ1v) is 11.6. The fraction of sp³-hybridized carbons (Fsp3) is 0.364. The summed E-state index contributed by atoms with van der Waals surface area (Å²) in [5.74, 6) is 1.28. The maximum absolute atomic E-state index is 12.2. The Morgan fingerprint density at radius 3 is 2.90 bits per heavy atom. The molecule has 0 saturated heterocycles. The van der Waals surface area contributed by atoms with Gasteiger partial charge in [0.25, 0.3) is 10.0 Å². The molecule has 0 bridgehead atoms. The van der Waals surface area contributed by atoms with Gasteiger partial charge in [0.05, 0.1) is 24.5 Å². The maximum Gasteiger partial charge on any atom is 0.308 e. The average Bonchev–Trinajstić information content (AvgIpc) is 3.22. The summed E-state index contributed by atoms with van der Waals surface area (Å²) in [7, 11) is -3.59. The van der Waals surface area contributed by atoms with E-state index in [1.54, 1.807) is 18.2 Å². The number of fused-ring (bicyclic) bond motifs is 2. The molecule has 2 aliphatic rings. The van der Waals surface area contributed by atoms with Crippen molar-refractivity contribution >= 4 is 21.8 Å². The molecule has 0 saturated carbocycles. The van der Waals surface area contributed by atoms with Gasteiger partial charge in [-0.3, -0.25) is 14.5 Å². The highest BCUT2D eigenvalue weighted by molar-refractivity contribution is 7.90. The van der Waals surface area contributed by atoms with Crippen LogP contribution in [0.4, 0.5) is 0 Å². The Labute approximate surface area is 181 Å². The highest BCUT2D eigenvalue weighted by atomic mass is 32.2. The summed E-state index contributed by atoms with van der Waals surface area (Å²) in [6.07, 6.45) is 0.956. The average molecular weight is 445 g/mol. The lowest BCUT2D eigenvalue weighted by Crippen LogP contribution is -2.22. The van der Waals surface area contributed by atoms with E-state index in [1.807, 2.05) is 26.0 Å². The monoisotopic (exact) mass is 444 g/mol. The Morgan fingerprint density at radius 2 is 2.10 bits per heavy atom. The van der Waals surface area contributed by atoms with E-state index in [9.17, 15) is 13.2 Å². The molecule has 0 fully saturated rings. The predicted octanol–water partition coefficient (Wildman–Crippen LogP) is 2.58. The van der Waals surface area contributed by atoms with Gasteiger partial charge in [-0.2, -0.15) is 0 Å². The van der Waals surface area contributed by atoms with Crippen LogP contribution in [-0.2, 0) is 32.6 Å². The van der Waals surface area contributed by atoms with Crippen molar-refractivity contribution in [1.29, 1.82) is 0 Å². The van der Waals surface area contributed by atoms with Crippen molar-refractivity contribution in [3.63, 3.8) is 0 Å². The second-order valence-corrected chi connectivity index (χ2v) is 9.03. The van der Waals surface area contributed by atoms with E-state index in [-0.39, 0.29) is 36.4 Å². The molecular formula is C22H24N2O6S. The van der Waals surface area contributed by atoms with Crippen LogP contribution in [0.15, 0.2) is 46.3 Å².